The first-order valence-corrected chi connectivity index (χ1v) is 6.61. The van der Waals surface area contributed by atoms with Crippen LogP contribution in [0.25, 0.3) is 0 Å². The third-order valence-corrected chi connectivity index (χ3v) is 2.62. The van der Waals surface area contributed by atoms with E-state index >= 15 is 0 Å². The number of hydrogen-bond acceptors (Lipinski definition) is 6. The van der Waals surface area contributed by atoms with Crippen molar-refractivity contribution >= 4 is 17.6 Å². The molecule has 19 heavy (non-hydrogen) atoms. The quantitative estimate of drug-likeness (QED) is 0.699. The first-order chi connectivity index (χ1) is 9.22. The van der Waals surface area contributed by atoms with Crippen molar-refractivity contribution in [3.05, 3.63) is 11.9 Å². The maximum atomic E-state index is 11.2. The highest BCUT2D eigenvalue weighted by Gasteiger charge is 2.11. The van der Waals surface area contributed by atoms with Gasteiger partial charge in [0.15, 0.2) is 0 Å². The summed E-state index contributed by atoms with van der Waals surface area (Å²) in [5.41, 5.74) is 1.02. The van der Waals surface area contributed by atoms with Gasteiger partial charge in [-0.25, -0.2) is 9.97 Å². The van der Waals surface area contributed by atoms with Crippen LogP contribution in [0.2, 0.25) is 0 Å². The van der Waals surface area contributed by atoms with Crippen LogP contribution < -0.4 is 10.6 Å². The van der Waals surface area contributed by atoms with Gasteiger partial charge >= 0.3 is 5.97 Å². The van der Waals surface area contributed by atoms with Crippen LogP contribution in [0.15, 0.2) is 6.33 Å². The van der Waals surface area contributed by atoms with Gasteiger partial charge in [0.2, 0.25) is 0 Å². The molecule has 1 heterocycles. The van der Waals surface area contributed by atoms with Crippen molar-refractivity contribution in [2.45, 2.75) is 33.1 Å². The zero-order valence-electron chi connectivity index (χ0n) is 11.8. The molecule has 2 N–H and O–H groups in total. The summed E-state index contributed by atoms with van der Waals surface area (Å²) in [7, 11) is 1.37. The average molecular weight is 266 g/mol. The molecular weight excluding hydrogens is 244 g/mol. The smallest absolute Gasteiger partial charge is 0.325 e. The van der Waals surface area contributed by atoms with E-state index in [2.05, 4.69) is 39.2 Å². The summed E-state index contributed by atoms with van der Waals surface area (Å²) < 4.78 is 4.61. The van der Waals surface area contributed by atoms with Crippen molar-refractivity contribution in [1.82, 2.24) is 9.97 Å². The molecule has 0 atom stereocenters. The highest BCUT2D eigenvalue weighted by atomic mass is 16.5. The van der Waals surface area contributed by atoms with E-state index in [1.807, 2.05) is 0 Å². The van der Waals surface area contributed by atoms with Crippen LogP contribution in [-0.2, 0) is 16.0 Å². The Bertz CT molecular complexity index is 410. The van der Waals surface area contributed by atoms with Crippen LogP contribution in [0.3, 0.4) is 0 Å². The van der Waals surface area contributed by atoms with Gasteiger partial charge in [0.05, 0.1) is 7.11 Å². The molecule has 0 unspecified atom stereocenters. The lowest BCUT2D eigenvalue weighted by Gasteiger charge is -2.14. The molecule has 6 heteroatoms. The standard InChI is InChI=1S/C13H22N4O2/c1-4-6-10-12(14-7-5-2)16-9-17-13(10)15-8-11(18)19-3/h9H,4-8H2,1-3H3,(H2,14,15,16,17). The lowest BCUT2D eigenvalue weighted by Crippen LogP contribution is -2.18. The molecule has 0 fully saturated rings. The first-order valence-electron chi connectivity index (χ1n) is 6.61. The van der Waals surface area contributed by atoms with Gasteiger partial charge < -0.3 is 15.4 Å². The lowest BCUT2D eigenvalue weighted by atomic mass is 10.1. The summed E-state index contributed by atoms with van der Waals surface area (Å²) in [4.78, 5) is 19.6. The van der Waals surface area contributed by atoms with E-state index < -0.39 is 0 Å². The van der Waals surface area contributed by atoms with Crippen molar-refractivity contribution in [2.24, 2.45) is 0 Å². The highest BCUT2D eigenvalue weighted by molar-refractivity contribution is 5.75. The molecule has 0 aromatic carbocycles. The molecule has 0 bridgehead atoms. The number of aromatic nitrogens is 2. The Morgan fingerprint density at radius 2 is 1.89 bits per heavy atom. The van der Waals surface area contributed by atoms with Crippen molar-refractivity contribution < 1.29 is 9.53 Å². The Morgan fingerprint density at radius 1 is 1.21 bits per heavy atom. The second kappa shape index (κ2) is 8.29. The van der Waals surface area contributed by atoms with Crippen molar-refractivity contribution in [3.63, 3.8) is 0 Å². The largest absolute Gasteiger partial charge is 0.468 e. The number of hydrogen-bond donors (Lipinski definition) is 2. The maximum absolute atomic E-state index is 11.2. The fraction of sp³-hybridized carbons (Fsp3) is 0.615. The van der Waals surface area contributed by atoms with Gasteiger partial charge in [-0.05, 0) is 12.8 Å². The van der Waals surface area contributed by atoms with Crippen molar-refractivity contribution in [3.8, 4) is 0 Å². The van der Waals surface area contributed by atoms with Crippen LogP contribution in [-0.4, -0.2) is 36.1 Å². The van der Waals surface area contributed by atoms with E-state index in [4.69, 9.17) is 0 Å². The Balaban J connectivity index is 2.85. The number of anilines is 2. The van der Waals surface area contributed by atoms with Crippen molar-refractivity contribution in [2.75, 3.05) is 30.8 Å². The maximum Gasteiger partial charge on any atom is 0.325 e. The summed E-state index contributed by atoms with van der Waals surface area (Å²) >= 11 is 0. The molecule has 6 nitrogen and oxygen atoms in total. The van der Waals surface area contributed by atoms with Gasteiger partial charge in [-0.15, -0.1) is 0 Å². The van der Waals surface area contributed by atoms with Gasteiger partial charge in [-0.1, -0.05) is 20.3 Å². The predicted octanol–water partition coefficient (Wildman–Crippen LogP) is 1.84. The van der Waals surface area contributed by atoms with E-state index in [1.54, 1.807) is 0 Å². The number of ether oxygens (including phenoxy) is 1. The molecule has 0 amide bonds. The van der Waals surface area contributed by atoms with E-state index in [-0.39, 0.29) is 12.5 Å². The lowest BCUT2D eigenvalue weighted by molar-refractivity contribution is -0.138. The van der Waals surface area contributed by atoms with Crippen LogP contribution in [0.1, 0.15) is 32.3 Å². The molecule has 1 aromatic heterocycles. The predicted molar refractivity (Wildman–Crippen MR) is 75.3 cm³/mol. The topological polar surface area (TPSA) is 76.1 Å². The first kappa shape index (κ1) is 15.2. The normalized spacial score (nSPS) is 10.1. The Morgan fingerprint density at radius 3 is 2.47 bits per heavy atom. The number of rotatable bonds is 8. The molecule has 1 aromatic rings. The summed E-state index contributed by atoms with van der Waals surface area (Å²) in [6.07, 6.45) is 4.37. The van der Waals surface area contributed by atoms with Gasteiger partial charge in [0.1, 0.15) is 24.5 Å². The Hall–Kier alpha value is -1.85. The van der Waals surface area contributed by atoms with Gasteiger partial charge in [-0.2, -0.15) is 0 Å². The summed E-state index contributed by atoms with van der Waals surface area (Å²) in [6, 6.07) is 0. The van der Waals surface area contributed by atoms with Crippen molar-refractivity contribution in [1.29, 1.82) is 0 Å². The molecule has 0 aliphatic carbocycles. The molecule has 1 rings (SSSR count). The van der Waals surface area contributed by atoms with E-state index in [1.165, 1.54) is 13.4 Å². The van der Waals surface area contributed by atoms with E-state index in [9.17, 15) is 4.79 Å². The minimum absolute atomic E-state index is 0.109. The molecule has 0 aliphatic rings. The third kappa shape index (κ3) is 4.73. The molecular formula is C13H22N4O2. The fourth-order valence-corrected chi connectivity index (χ4v) is 1.68. The summed E-state index contributed by atoms with van der Waals surface area (Å²) in [5.74, 6) is 1.22. The Kier molecular flexibility index (Phi) is 6.63. The summed E-state index contributed by atoms with van der Waals surface area (Å²) in [5, 5.41) is 6.28. The molecule has 106 valence electrons. The number of methoxy groups -OCH3 is 1. The monoisotopic (exact) mass is 266 g/mol. The summed E-state index contributed by atoms with van der Waals surface area (Å²) in [6.45, 7) is 5.17. The zero-order chi connectivity index (χ0) is 14.1. The highest BCUT2D eigenvalue weighted by Crippen LogP contribution is 2.21. The fourth-order valence-electron chi connectivity index (χ4n) is 1.68. The van der Waals surface area contributed by atoms with Crippen LogP contribution in [0.4, 0.5) is 11.6 Å². The molecule has 0 aliphatic heterocycles. The van der Waals surface area contributed by atoms with Crippen LogP contribution in [0, 0.1) is 0 Å². The zero-order valence-corrected chi connectivity index (χ0v) is 11.8. The minimum atomic E-state index is -0.316. The van der Waals surface area contributed by atoms with Gasteiger partial charge in [0.25, 0.3) is 0 Å². The second-order valence-electron chi connectivity index (χ2n) is 4.16. The Labute approximate surface area is 114 Å². The van der Waals surface area contributed by atoms with E-state index in [0.29, 0.717) is 5.82 Å². The molecule has 0 radical (unpaired) electrons. The van der Waals surface area contributed by atoms with Crippen LogP contribution in [0.5, 0.6) is 0 Å². The number of carbonyl (C=O) groups excluding carboxylic acids is 1. The minimum Gasteiger partial charge on any atom is -0.468 e. The molecule has 0 spiro atoms. The molecule has 0 saturated carbocycles. The number of esters is 1. The number of nitrogens with one attached hydrogen (secondary N) is 2. The number of carbonyl (C=O) groups is 1. The van der Waals surface area contributed by atoms with E-state index in [0.717, 1.165) is 37.2 Å². The van der Waals surface area contributed by atoms with Crippen LogP contribution >= 0.6 is 0 Å². The average Bonchev–Trinajstić information content (AvgIpc) is 2.44. The SMILES string of the molecule is CCCNc1ncnc(NCC(=O)OC)c1CCC. The third-order valence-electron chi connectivity index (χ3n) is 2.62. The second-order valence-corrected chi connectivity index (χ2v) is 4.16. The van der Waals surface area contributed by atoms with Gasteiger partial charge in [0, 0.05) is 12.1 Å². The van der Waals surface area contributed by atoms with Gasteiger partial charge in [-0.3, -0.25) is 4.79 Å². The molecule has 0 saturated heterocycles. The number of nitrogens with zero attached hydrogens (tertiary/aromatic N) is 2.